The Morgan fingerprint density at radius 3 is 2.19 bits per heavy atom. The van der Waals surface area contributed by atoms with Gasteiger partial charge in [-0.15, -0.1) is 0 Å². The maximum Gasteiger partial charge on any atom is 0.156 e. The molecular formula is C21H40N2O2S2. The van der Waals surface area contributed by atoms with Gasteiger partial charge in [0.1, 0.15) is 0 Å². The minimum absolute atomic E-state index is 0.185. The molecule has 0 radical (unpaired) electrons. The minimum atomic E-state index is -0.384. The topological polar surface area (TPSA) is 58.2 Å². The van der Waals surface area contributed by atoms with E-state index in [2.05, 4.69) is 52.2 Å². The first-order valence-electron chi connectivity index (χ1n) is 10.1. The number of ketones is 2. The zero-order valence-electron chi connectivity index (χ0n) is 18.7. The van der Waals surface area contributed by atoms with Crippen molar-refractivity contribution in [3.8, 4) is 0 Å². The Labute approximate surface area is 174 Å². The molecule has 2 atom stereocenters. The van der Waals surface area contributed by atoms with E-state index in [0.717, 1.165) is 19.4 Å². The van der Waals surface area contributed by atoms with Gasteiger partial charge in [-0.2, -0.15) is 0 Å². The second-order valence-electron chi connectivity index (χ2n) is 10.1. The number of nitrogens with one attached hydrogen (secondary N) is 2. The molecule has 4 nitrogen and oxygen atoms in total. The van der Waals surface area contributed by atoms with Crippen molar-refractivity contribution < 1.29 is 9.59 Å². The number of Topliss-reactive ketones (excluding diaryl/α,β-unsaturated/α-hetero) is 2. The molecule has 1 saturated heterocycles. The fourth-order valence-electron chi connectivity index (χ4n) is 3.23. The smallest absolute Gasteiger partial charge is 0.156 e. The SMILES string of the molecule is CC(C)N[C@@H]1C(=O)CCCCNC(C(=O)C(C)(C)C)C(C)(C)SSC1(C)C. The number of rotatable bonds is 3. The summed E-state index contributed by atoms with van der Waals surface area (Å²) in [5.74, 6) is 0.547. The van der Waals surface area contributed by atoms with Crippen molar-refractivity contribution in [2.75, 3.05) is 6.54 Å². The summed E-state index contributed by atoms with van der Waals surface area (Å²) in [6.45, 7) is 19.5. The van der Waals surface area contributed by atoms with Gasteiger partial charge in [-0.05, 0) is 47.1 Å². The molecule has 2 N–H and O–H groups in total. The van der Waals surface area contributed by atoms with Crippen molar-refractivity contribution in [1.29, 1.82) is 0 Å². The summed E-state index contributed by atoms with van der Waals surface area (Å²) in [5, 5.41) is 7.00. The lowest BCUT2D eigenvalue weighted by molar-refractivity contribution is -0.129. The van der Waals surface area contributed by atoms with Gasteiger partial charge in [0.05, 0.1) is 12.1 Å². The lowest BCUT2D eigenvalue weighted by Gasteiger charge is -2.41. The average Bonchev–Trinajstić information content (AvgIpc) is 2.51. The molecule has 1 aliphatic heterocycles. The summed E-state index contributed by atoms with van der Waals surface area (Å²) in [6.07, 6.45) is 2.34. The molecule has 0 spiro atoms. The van der Waals surface area contributed by atoms with E-state index in [1.165, 1.54) is 0 Å². The van der Waals surface area contributed by atoms with Crippen molar-refractivity contribution >= 4 is 33.2 Å². The van der Waals surface area contributed by atoms with Gasteiger partial charge in [-0.3, -0.25) is 9.59 Å². The first kappa shape index (κ1) is 25.0. The van der Waals surface area contributed by atoms with Gasteiger partial charge >= 0.3 is 0 Å². The second kappa shape index (κ2) is 9.64. The zero-order chi connectivity index (χ0) is 21.0. The van der Waals surface area contributed by atoms with Crippen molar-refractivity contribution in [2.45, 2.75) is 109 Å². The van der Waals surface area contributed by atoms with Gasteiger partial charge in [0.15, 0.2) is 11.6 Å². The molecule has 0 aromatic heterocycles. The highest BCUT2D eigenvalue weighted by molar-refractivity contribution is 8.77. The van der Waals surface area contributed by atoms with Crippen LogP contribution in [0.4, 0.5) is 0 Å². The Bertz CT molecular complexity index is 525. The third-order valence-electron chi connectivity index (χ3n) is 4.88. The van der Waals surface area contributed by atoms with Crippen LogP contribution in [0.1, 0.15) is 81.6 Å². The number of hydrogen-bond donors (Lipinski definition) is 2. The van der Waals surface area contributed by atoms with Crippen LogP contribution in [0.3, 0.4) is 0 Å². The Morgan fingerprint density at radius 1 is 1.11 bits per heavy atom. The van der Waals surface area contributed by atoms with Crippen LogP contribution >= 0.6 is 21.6 Å². The summed E-state index contributed by atoms with van der Waals surface area (Å²) in [7, 11) is 3.45. The van der Waals surface area contributed by atoms with Gasteiger partial charge in [0.2, 0.25) is 0 Å². The molecule has 1 unspecified atom stereocenters. The summed E-state index contributed by atoms with van der Waals surface area (Å²) in [6, 6.07) is -0.144. The highest BCUT2D eigenvalue weighted by Crippen LogP contribution is 2.47. The van der Waals surface area contributed by atoms with Crippen LogP contribution in [0.5, 0.6) is 0 Å². The molecule has 27 heavy (non-hydrogen) atoms. The standard InChI is InChI=1S/C21H40N2O2S2/c1-14(2)23-16-15(24)12-10-11-13-22-17(18(25)19(3,4)5)21(8,9)27-26-20(16,6)7/h14,16-17,22-23H,10-13H2,1-9H3/t16-,17?/m1/s1. The van der Waals surface area contributed by atoms with E-state index in [-0.39, 0.29) is 38.8 Å². The van der Waals surface area contributed by atoms with E-state index in [0.29, 0.717) is 12.2 Å². The van der Waals surface area contributed by atoms with Crippen molar-refractivity contribution in [2.24, 2.45) is 5.41 Å². The fraction of sp³-hybridized carbons (Fsp3) is 0.905. The molecule has 0 aliphatic carbocycles. The fourth-order valence-corrected chi connectivity index (χ4v) is 6.11. The third kappa shape index (κ3) is 7.37. The number of carbonyl (C=O) groups excluding carboxylic acids is 2. The quantitative estimate of drug-likeness (QED) is 0.655. The average molecular weight is 417 g/mol. The predicted molar refractivity (Wildman–Crippen MR) is 121 cm³/mol. The maximum absolute atomic E-state index is 13.1. The molecule has 1 aliphatic rings. The van der Waals surface area contributed by atoms with Gasteiger partial charge in [-0.25, -0.2) is 0 Å². The Balaban J connectivity index is 3.14. The summed E-state index contributed by atoms with van der Waals surface area (Å²) < 4.78 is -0.547. The van der Waals surface area contributed by atoms with Crippen LogP contribution in [-0.2, 0) is 9.59 Å². The highest BCUT2D eigenvalue weighted by atomic mass is 33.1. The van der Waals surface area contributed by atoms with Crippen molar-refractivity contribution in [3.05, 3.63) is 0 Å². The maximum atomic E-state index is 13.1. The molecule has 158 valence electrons. The van der Waals surface area contributed by atoms with Gasteiger partial charge in [0.25, 0.3) is 0 Å². The molecule has 0 saturated carbocycles. The van der Waals surface area contributed by atoms with E-state index >= 15 is 0 Å². The molecule has 6 heteroatoms. The lowest BCUT2D eigenvalue weighted by Crippen LogP contribution is -2.55. The van der Waals surface area contributed by atoms with E-state index < -0.39 is 0 Å². The molecular weight excluding hydrogens is 376 g/mol. The zero-order valence-corrected chi connectivity index (χ0v) is 20.3. The van der Waals surface area contributed by atoms with Crippen molar-refractivity contribution in [3.63, 3.8) is 0 Å². The van der Waals surface area contributed by atoms with Crippen LogP contribution in [0.25, 0.3) is 0 Å². The molecule has 0 aromatic carbocycles. The van der Waals surface area contributed by atoms with E-state index in [1.807, 2.05) is 20.8 Å². The largest absolute Gasteiger partial charge is 0.306 e. The first-order chi connectivity index (χ1) is 12.2. The summed E-state index contributed by atoms with van der Waals surface area (Å²) in [5.41, 5.74) is -0.384. The molecule has 1 heterocycles. The van der Waals surface area contributed by atoms with Gasteiger partial charge in [-0.1, -0.05) is 56.2 Å². The second-order valence-corrected chi connectivity index (χ2v) is 13.5. The van der Waals surface area contributed by atoms with E-state index in [9.17, 15) is 9.59 Å². The number of carbonyl (C=O) groups is 2. The van der Waals surface area contributed by atoms with Gasteiger partial charge < -0.3 is 10.6 Å². The lowest BCUT2D eigenvalue weighted by atomic mass is 9.82. The normalized spacial score (nSPS) is 27.7. The summed E-state index contributed by atoms with van der Waals surface area (Å²) >= 11 is 0. The predicted octanol–water partition coefficient (Wildman–Crippen LogP) is 4.62. The monoisotopic (exact) mass is 416 g/mol. The Kier molecular flexibility index (Phi) is 8.92. The van der Waals surface area contributed by atoms with Crippen LogP contribution in [0.2, 0.25) is 0 Å². The Hall–Kier alpha value is -0.0400. The Morgan fingerprint density at radius 2 is 1.67 bits per heavy atom. The van der Waals surface area contributed by atoms with Crippen LogP contribution in [-0.4, -0.2) is 45.7 Å². The molecule has 1 fully saturated rings. The molecule has 1 rings (SSSR count). The minimum Gasteiger partial charge on any atom is -0.306 e. The van der Waals surface area contributed by atoms with E-state index in [4.69, 9.17) is 0 Å². The van der Waals surface area contributed by atoms with E-state index in [1.54, 1.807) is 21.6 Å². The molecule has 0 bridgehead atoms. The van der Waals surface area contributed by atoms with Crippen LogP contribution in [0.15, 0.2) is 0 Å². The van der Waals surface area contributed by atoms with Gasteiger partial charge in [0, 0.05) is 27.4 Å². The summed E-state index contributed by atoms with van der Waals surface area (Å²) in [4.78, 5) is 26.0. The van der Waals surface area contributed by atoms with Crippen LogP contribution < -0.4 is 10.6 Å². The first-order valence-corrected chi connectivity index (χ1v) is 12.3. The highest BCUT2D eigenvalue weighted by Gasteiger charge is 2.43. The molecule has 0 aromatic rings. The third-order valence-corrected chi connectivity index (χ3v) is 9.12. The molecule has 0 amide bonds. The number of hydrogen-bond acceptors (Lipinski definition) is 6. The van der Waals surface area contributed by atoms with Crippen LogP contribution in [0, 0.1) is 5.41 Å². The van der Waals surface area contributed by atoms with Crippen molar-refractivity contribution in [1.82, 2.24) is 10.6 Å².